The average Bonchev–Trinajstić information content (AvgIpc) is 3.03. The van der Waals surface area contributed by atoms with Crippen LogP contribution in [0.3, 0.4) is 0 Å². The summed E-state index contributed by atoms with van der Waals surface area (Å²) < 4.78 is 17.2. The Balaban J connectivity index is 1.22. The smallest absolute Gasteiger partial charge is 0.410 e. The van der Waals surface area contributed by atoms with Gasteiger partial charge in [-0.15, -0.1) is 0 Å². The summed E-state index contributed by atoms with van der Waals surface area (Å²) in [6.07, 6.45) is 3.66. The molecule has 1 aromatic carbocycles. The normalized spacial score (nSPS) is 16.6. The summed E-state index contributed by atoms with van der Waals surface area (Å²) in [5.41, 5.74) is 3.10. The van der Waals surface area contributed by atoms with Gasteiger partial charge < -0.3 is 29.3 Å². The highest BCUT2D eigenvalue weighted by Crippen LogP contribution is 2.32. The summed E-state index contributed by atoms with van der Waals surface area (Å²) >= 11 is 0. The number of aromatic nitrogens is 5. The van der Waals surface area contributed by atoms with Gasteiger partial charge in [0.25, 0.3) is 0 Å². The van der Waals surface area contributed by atoms with E-state index >= 15 is 0 Å². The summed E-state index contributed by atoms with van der Waals surface area (Å²) in [4.78, 5) is 40.3. The average molecular weight is 611 g/mol. The fourth-order valence-electron chi connectivity index (χ4n) is 5.23. The van der Waals surface area contributed by atoms with E-state index < -0.39 is 5.60 Å². The number of carbonyl (C=O) groups excluding carboxylic acids is 1. The largest absolute Gasteiger partial charge is 0.473 e. The van der Waals surface area contributed by atoms with Gasteiger partial charge in [-0.25, -0.2) is 24.7 Å². The number of ether oxygens (including phenoxy) is 3. The van der Waals surface area contributed by atoms with Gasteiger partial charge >= 0.3 is 6.09 Å². The van der Waals surface area contributed by atoms with E-state index in [-0.39, 0.29) is 12.1 Å². The van der Waals surface area contributed by atoms with Crippen molar-refractivity contribution >= 4 is 23.7 Å². The highest BCUT2D eigenvalue weighted by atomic mass is 16.6. The summed E-state index contributed by atoms with van der Waals surface area (Å²) in [5, 5.41) is 3.14. The van der Waals surface area contributed by atoms with Gasteiger partial charge in [0.15, 0.2) is 5.82 Å². The molecule has 1 atom stereocenters. The molecule has 2 aliphatic rings. The van der Waals surface area contributed by atoms with Gasteiger partial charge in [0.1, 0.15) is 23.8 Å². The maximum Gasteiger partial charge on any atom is 0.410 e. The van der Waals surface area contributed by atoms with Crippen LogP contribution in [-0.4, -0.2) is 73.9 Å². The quantitative estimate of drug-likeness (QED) is 0.298. The van der Waals surface area contributed by atoms with Crippen LogP contribution in [0.5, 0.6) is 5.88 Å². The van der Waals surface area contributed by atoms with Gasteiger partial charge in [0, 0.05) is 42.7 Å². The molecular weight excluding hydrogens is 572 g/mol. The van der Waals surface area contributed by atoms with Crippen molar-refractivity contribution in [1.82, 2.24) is 29.8 Å². The lowest BCUT2D eigenvalue weighted by Crippen LogP contribution is -2.46. The van der Waals surface area contributed by atoms with Crippen LogP contribution in [0.25, 0.3) is 11.4 Å². The fourth-order valence-corrected chi connectivity index (χ4v) is 5.23. The Morgan fingerprint density at radius 3 is 2.64 bits per heavy atom. The molecule has 45 heavy (non-hydrogen) atoms. The van der Waals surface area contributed by atoms with Gasteiger partial charge in [-0.2, -0.15) is 4.98 Å². The van der Waals surface area contributed by atoms with Gasteiger partial charge in [0.2, 0.25) is 11.8 Å². The van der Waals surface area contributed by atoms with E-state index in [0.29, 0.717) is 62.8 Å². The van der Waals surface area contributed by atoms with Crippen molar-refractivity contribution in [2.24, 2.45) is 0 Å². The van der Waals surface area contributed by atoms with E-state index in [1.807, 2.05) is 63.2 Å². The first-order valence-electron chi connectivity index (χ1n) is 15.2. The van der Waals surface area contributed by atoms with E-state index in [2.05, 4.69) is 32.1 Å². The van der Waals surface area contributed by atoms with Crippen LogP contribution in [0.15, 0.2) is 60.9 Å². The summed E-state index contributed by atoms with van der Waals surface area (Å²) in [7, 11) is 0. The molecule has 4 aromatic rings. The molecule has 12 nitrogen and oxygen atoms in total. The first-order chi connectivity index (χ1) is 21.7. The van der Waals surface area contributed by atoms with E-state index in [0.717, 1.165) is 34.7 Å². The molecule has 234 valence electrons. The standard InChI is InChI=1S/C33H38N8O4/c1-22-20-43-17-16-41(22)30-25-13-15-40(32(42)45-33(2,3)4)19-26(25)36-29(39-30)24-10-11-27(35-18-24)37-31-34-14-12-28(38-31)44-21-23-8-6-5-7-9-23/h5-12,14,18,22H,13,15-17,19-21H2,1-4H3,(H,34,35,37,38). The maximum absolute atomic E-state index is 12.9. The molecule has 0 radical (unpaired) electrons. The second-order valence-corrected chi connectivity index (χ2v) is 12.1. The number of fused-ring (bicyclic) bond motifs is 1. The van der Waals surface area contributed by atoms with Gasteiger partial charge in [0.05, 0.1) is 31.5 Å². The first kappa shape index (κ1) is 30.2. The third kappa shape index (κ3) is 7.46. The lowest BCUT2D eigenvalue weighted by Gasteiger charge is -2.38. The molecule has 12 heteroatoms. The van der Waals surface area contributed by atoms with Crippen molar-refractivity contribution in [3.05, 3.63) is 77.7 Å². The van der Waals surface area contributed by atoms with Crippen molar-refractivity contribution in [1.29, 1.82) is 0 Å². The number of hydrogen-bond donors (Lipinski definition) is 1. The molecule has 1 N–H and O–H groups in total. The summed E-state index contributed by atoms with van der Waals surface area (Å²) in [6, 6.07) is 15.5. The lowest BCUT2D eigenvalue weighted by molar-refractivity contribution is 0.0220. The van der Waals surface area contributed by atoms with Crippen LogP contribution in [0, 0.1) is 0 Å². The van der Waals surface area contributed by atoms with E-state index in [9.17, 15) is 4.79 Å². The molecule has 0 spiro atoms. The topological polar surface area (TPSA) is 128 Å². The summed E-state index contributed by atoms with van der Waals surface area (Å²) in [6.45, 7) is 11.0. The molecular formula is C33H38N8O4. The number of pyridine rings is 1. The van der Waals surface area contributed by atoms with Gasteiger partial charge in [-0.05, 0) is 51.8 Å². The molecule has 1 unspecified atom stereocenters. The third-order valence-electron chi connectivity index (χ3n) is 7.46. The van der Waals surface area contributed by atoms with Crippen molar-refractivity contribution in [3.63, 3.8) is 0 Å². The summed E-state index contributed by atoms with van der Waals surface area (Å²) in [5.74, 6) is 2.82. The minimum absolute atomic E-state index is 0.159. The Morgan fingerprint density at radius 1 is 1.04 bits per heavy atom. The second-order valence-electron chi connectivity index (χ2n) is 12.1. The monoisotopic (exact) mass is 610 g/mol. The minimum atomic E-state index is -0.578. The number of nitrogens with one attached hydrogen (secondary N) is 1. The van der Waals surface area contributed by atoms with Crippen LogP contribution in [0.1, 0.15) is 44.5 Å². The Labute approximate surface area is 262 Å². The molecule has 6 rings (SSSR count). The highest BCUT2D eigenvalue weighted by molar-refractivity contribution is 5.70. The number of benzene rings is 1. The zero-order valence-corrected chi connectivity index (χ0v) is 26.1. The number of nitrogens with zero attached hydrogens (tertiary/aromatic N) is 7. The Kier molecular flexibility index (Phi) is 8.74. The van der Waals surface area contributed by atoms with Crippen LogP contribution in [0.2, 0.25) is 0 Å². The van der Waals surface area contributed by atoms with Crippen LogP contribution >= 0.6 is 0 Å². The predicted molar refractivity (Wildman–Crippen MR) is 169 cm³/mol. The molecule has 0 saturated carbocycles. The SMILES string of the molecule is CC1COCCN1c1nc(-c2ccc(Nc3nccc(OCc4ccccc4)n3)nc2)nc2c1CCN(C(=O)OC(C)(C)C)C2. The van der Waals surface area contributed by atoms with Gasteiger partial charge in [-0.3, -0.25) is 0 Å². The number of anilines is 3. The number of rotatable bonds is 7. The van der Waals surface area contributed by atoms with Crippen molar-refractivity contribution in [2.45, 2.75) is 58.9 Å². The zero-order valence-electron chi connectivity index (χ0n) is 26.1. The van der Waals surface area contributed by atoms with Gasteiger partial charge in [-0.1, -0.05) is 30.3 Å². The lowest BCUT2D eigenvalue weighted by atomic mass is 10.0. The molecule has 1 saturated heterocycles. The number of morpholine rings is 1. The van der Waals surface area contributed by atoms with Crippen LogP contribution in [0.4, 0.5) is 22.4 Å². The molecule has 3 aromatic heterocycles. The molecule has 2 aliphatic heterocycles. The molecule has 0 aliphatic carbocycles. The van der Waals surface area contributed by atoms with E-state index in [1.165, 1.54) is 0 Å². The predicted octanol–water partition coefficient (Wildman–Crippen LogP) is 5.17. The van der Waals surface area contributed by atoms with Crippen LogP contribution in [-0.2, 0) is 29.0 Å². The second kappa shape index (κ2) is 13.0. The highest BCUT2D eigenvalue weighted by Gasteiger charge is 2.32. The fraction of sp³-hybridized carbons (Fsp3) is 0.394. The number of amides is 1. The number of carbonyl (C=O) groups is 1. The zero-order chi connectivity index (χ0) is 31.4. The van der Waals surface area contributed by atoms with Crippen molar-refractivity contribution in [3.8, 4) is 17.3 Å². The van der Waals surface area contributed by atoms with E-state index in [1.54, 1.807) is 23.4 Å². The molecule has 5 heterocycles. The van der Waals surface area contributed by atoms with Crippen molar-refractivity contribution < 1.29 is 19.0 Å². The van der Waals surface area contributed by atoms with E-state index in [4.69, 9.17) is 24.2 Å². The molecule has 0 bridgehead atoms. The number of hydrogen-bond acceptors (Lipinski definition) is 11. The third-order valence-corrected chi connectivity index (χ3v) is 7.46. The van der Waals surface area contributed by atoms with Crippen molar-refractivity contribution in [2.75, 3.05) is 36.5 Å². The van der Waals surface area contributed by atoms with Crippen LogP contribution < -0.4 is 15.0 Å². The minimum Gasteiger partial charge on any atom is -0.473 e. The Bertz CT molecular complexity index is 1630. The molecule has 1 amide bonds. The molecule has 1 fully saturated rings. The maximum atomic E-state index is 12.9. The first-order valence-corrected chi connectivity index (χ1v) is 15.2. The Morgan fingerprint density at radius 2 is 1.89 bits per heavy atom. The Hall–Kier alpha value is -4.84.